The van der Waals surface area contributed by atoms with Crippen LogP contribution in [0.4, 0.5) is 5.69 Å². The van der Waals surface area contributed by atoms with Crippen LogP contribution in [0.5, 0.6) is 5.75 Å². The van der Waals surface area contributed by atoms with Gasteiger partial charge in [0, 0.05) is 11.3 Å². The summed E-state index contributed by atoms with van der Waals surface area (Å²) in [7, 11) is 1.64. The monoisotopic (exact) mass is 351 g/mol. The van der Waals surface area contributed by atoms with Gasteiger partial charge in [0.25, 0.3) is 5.91 Å². The summed E-state index contributed by atoms with van der Waals surface area (Å²) in [4.78, 5) is 12.6. The van der Waals surface area contributed by atoms with Gasteiger partial charge in [0.2, 0.25) is 0 Å². The first-order valence-electron chi connectivity index (χ1n) is 7.28. The predicted octanol–water partition coefficient (Wildman–Crippen LogP) is 5.69. The minimum Gasteiger partial charge on any atom is -0.496 e. The van der Waals surface area contributed by atoms with Crippen molar-refractivity contribution in [2.75, 3.05) is 12.4 Å². The van der Waals surface area contributed by atoms with Crippen molar-refractivity contribution in [3.63, 3.8) is 0 Å². The van der Waals surface area contributed by atoms with E-state index in [4.69, 9.17) is 27.9 Å². The molecule has 5 heteroatoms. The molecule has 0 aliphatic heterocycles. The van der Waals surface area contributed by atoms with E-state index in [-0.39, 0.29) is 11.8 Å². The zero-order valence-electron chi connectivity index (χ0n) is 13.5. The Morgan fingerprint density at radius 1 is 1.13 bits per heavy atom. The Morgan fingerprint density at radius 3 is 2.39 bits per heavy atom. The van der Waals surface area contributed by atoms with E-state index in [1.54, 1.807) is 25.3 Å². The van der Waals surface area contributed by atoms with Gasteiger partial charge in [0.05, 0.1) is 17.2 Å². The fourth-order valence-corrected chi connectivity index (χ4v) is 2.64. The number of ether oxygens (including phenoxy) is 1. The maximum Gasteiger partial charge on any atom is 0.255 e. The smallest absolute Gasteiger partial charge is 0.255 e. The highest BCUT2D eigenvalue weighted by Gasteiger charge is 2.16. The van der Waals surface area contributed by atoms with Crippen LogP contribution in [-0.4, -0.2) is 13.0 Å². The van der Waals surface area contributed by atoms with Crippen molar-refractivity contribution < 1.29 is 9.53 Å². The van der Waals surface area contributed by atoms with Crippen LogP contribution in [0.15, 0.2) is 30.3 Å². The average Bonchev–Trinajstić information content (AvgIpc) is 2.50. The number of halogens is 2. The molecule has 0 heterocycles. The SMILES string of the molecule is COc1cc(C)c(C(=O)Nc2ccc(Cl)c(Cl)c2)cc1C(C)C. The standard InChI is InChI=1S/C18H19Cl2NO2/c1-10(2)13-9-14(11(3)7-17(13)23-4)18(22)21-12-5-6-15(19)16(20)8-12/h5-10H,1-4H3,(H,21,22). The van der Waals surface area contributed by atoms with Crippen LogP contribution in [-0.2, 0) is 0 Å². The van der Waals surface area contributed by atoms with Crippen LogP contribution in [0.2, 0.25) is 10.0 Å². The second kappa shape index (κ2) is 7.24. The van der Waals surface area contributed by atoms with Crippen molar-refractivity contribution in [2.45, 2.75) is 26.7 Å². The Labute approximate surface area is 146 Å². The number of methoxy groups -OCH3 is 1. The van der Waals surface area contributed by atoms with E-state index < -0.39 is 0 Å². The van der Waals surface area contributed by atoms with Crippen molar-refractivity contribution in [2.24, 2.45) is 0 Å². The van der Waals surface area contributed by atoms with Gasteiger partial charge in [-0.05, 0) is 54.3 Å². The highest BCUT2D eigenvalue weighted by Crippen LogP contribution is 2.30. The van der Waals surface area contributed by atoms with E-state index in [9.17, 15) is 4.79 Å². The first kappa shape index (κ1) is 17.6. The minimum atomic E-state index is -0.189. The molecule has 0 atom stereocenters. The number of aryl methyl sites for hydroxylation is 1. The fraction of sp³-hybridized carbons (Fsp3) is 0.278. The van der Waals surface area contributed by atoms with Crippen LogP contribution in [0.3, 0.4) is 0 Å². The summed E-state index contributed by atoms with van der Waals surface area (Å²) in [5, 5.41) is 3.70. The second-order valence-corrected chi connectivity index (χ2v) is 6.46. The average molecular weight is 352 g/mol. The van der Waals surface area contributed by atoms with Gasteiger partial charge in [0.15, 0.2) is 0 Å². The lowest BCUT2D eigenvalue weighted by Gasteiger charge is -2.16. The molecule has 23 heavy (non-hydrogen) atoms. The van der Waals surface area contributed by atoms with Gasteiger partial charge in [-0.2, -0.15) is 0 Å². The number of carbonyl (C=O) groups is 1. The molecule has 2 aromatic carbocycles. The van der Waals surface area contributed by atoms with Gasteiger partial charge in [0.1, 0.15) is 5.75 Å². The molecule has 1 amide bonds. The topological polar surface area (TPSA) is 38.3 Å². The lowest BCUT2D eigenvalue weighted by molar-refractivity contribution is 0.102. The zero-order chi connectivity index (χ0) is 17.1. The maximum atomic E-state index is 12.6. The quantitative estimate of drug-likeness (QED) is 0.768. The number of anilines is 1. The molecule has 0 saturated heterocycles. The van der Waals surface area contributed by atoms with Gasteiger partial charge >= 0.3 is 0 Å². The number of carbonyl (C=O) groups excluding carboxylic acids is 1. The Morgan fingerprint density at radius 2 is 1.83 bits per heavy atom. The van der Waals surface area contributed by atoms with Gasteiger partial charge in [-0.3, -0.25) is 4.79 Å². The number of nitrogens with one attached hydrogen (secondary N) is 1. The van der Waals surface area contributed by atoms with E-state index >= 15 is 0 Å². The van der Waals surface area contributed by atoms with Gasteiger partial charge in [-0.1, -0.05) is 37.0 Å². The predicted molar refractivity (Wildman–Crippen MR) is 96.2 cm³/mol. The van der Waals surface area contributed by atoms with Crippen molar-refractivity contribution >= 4 is 34.8 Å². The molecule has 0 unspecified atom stereocenters. The number of rotatable bonds is 4. The van der Waals surface area contributed by atoms with Crippen molar-refractivity contribution in [3.05, 3.63) is 57.1 Å². The second-order valence-electron chi connectivity index (χ2n) is 5.65. The largest absolute Gasteiger partial charge is 0.496 e. The summed E-state index contributed by atoms with van der Waals surface area (Å²) in [5.74, 6) is 0.858. The Balaban J connectivity index is 2.35. The molecule has 1 N–H and O–H groups in total. The first-order valence-corrected chi connectivity index (χ1v) is 8.04. The molecular formula is C18H19Cl2NO2. The number of hydrogen-bond donors (Lipinski definition) is 1. The summed E-state index contributed by atoms with van der Waals surface area (Å²) < 4.78 is 5.41. The van der Waals surface area contributed by atoms with E-state index in [0.717, 1.165) is 16.9 Å². The van der Waals surface area contributed by atoms with Crippen LogP contribution in [0.1, 0.15) is 41.3 Å². The van der Waals surface area contributed by atoms with Crippen LogP contribution in [0, 0.1) is 6.92 Å². The molecule has 0 fully saturated rings. The highest BCUT2D eigenvalue weighted by molar-refractivity contribution is 6.42. The molecular weight excluding hydrogens is 333 g/mol. The molecule has 0 aromatic heterocycles. The molecule has 2 rings (SSSR count). The Bertz CT molecular complexity index is 742. The van der Waals surface area contributed by atoms with Crippen molar-refractivity contribution in [1.29, 1.82) is 0 Å². The molecule has 0 spiro atoms. The molecule has 0 aliphatic carbocycles. The number of hydrogen-bond acceptors (Lipinski definition) is 2. The van der Waals surface area contributed by atoms with E-state index in [1.807, 2.05) is 19.1 Å². The lowest BCUT2D eigenvalue weighted by atomic mass is 9.96. The summed E-state index contributed by atoms with van der Waals surface area (Å²) in [6.07, 6.45) is 0. The lowest BCUT2D eigenvalue weighted by Crippen LogP contribution is -2.14. The Kier molecular flexibility index (Phi) is 5.55. The van der Waals surface area contributed by atoms with Gasteiger partial charge in [-0.25, -0.2) is 0 Å². The summed E-state index contributed by atoms with van der Waals surface area (Å²) >= 11 is 11.9. The van der Waals surface area contributed by atoms with Gasteiger partial charge < -0.3 is 10.1 Å². The van der Waals surface area contributed by atoms with Crippen LogP contribution >= 0.6 is 23.2 Å². The van der Waals surface area contributed by atoms with E-state index in [0.29, 0.717) is 21.3 Å². The van der Waals surface area contributed by atoms with E-state index in [2.05, 4.69) is 19.2 Å². The third-order valence-corrected chi connectivity index (χ3v) is 4.36. The van der Waals surface area contributed by atoms with Crippen molar-refractivity contribution in [1.82, 2.24) is 0 Å². The van der Waals surface area contributed by atoms with Crippen molar-refractivity contribution in [3.8, 4) is 5.75 Å². The maximum absolute atomic E-state index is 12.6. The molecule has 122 valence electrons. The molecule has 0 radical (unpaired) electrons. The summed E-state index contributed by atoms with van der Waals surface area (Å²) in [5.41, 5.74) is 3.06. The van der Waals surface area contributed by atoms with Crippen LogP contribution < -0.4 is 10.1 Å². The number of amides is 1. The third kappa shape index (κ3) is 3.98. The van der Waals surface area contributed by atoms with Crippen LogP contribution in [0.25, 0.3) is 0 Å². The first-order chi connectivity index (χ1) is 10.8. The zero-order valence-corrected chi connectivity index (χ0v) is 15.0. The third-order valence-electron chi connectivity index (χ3n) is 3.62. The Hall–Kier alpha value is -1.71. The number of benzene rings is 2. The summed E-state index contributed by atoms with van der Waals surface area (Å²) in [6.45, 7) is 6.01. The van der Waals surface area contributed by atoms with Gasteiger partial charge in [-0.15, -0.1) is 0 Å². The normalized spacial score (nSPS) is 10.7. The minimum absolute atomic E-state index is 0.189. The highest BCUT2D eigenvalue weighted by atomic mass is 35.5. The molecule has 3 nitrogen and oxygen atoms in total. The van der Waals surface area contributed by atoms with E-state index in [1.165, 1.54) is 0 Å². The molecule has 0 bridgehead atoms. The molecule has 0 aliphatic rings. The molecule has 2 aromatic rings. The molecule has 0 saturated carbocycles. The summed E-state index contributed by atoms with van der Waals surface area (Å²) in [6, 6.07) is 8.77. The fourth-order valence-electron chi connectivity index (χ4n) is 2.34.